The minimum atomic E-state index is -0.0510. The Labute approximate surface area is 189 Å². The summed E-state index contributed by atoms with van der Waals surface area (Å²) >= 11 is 3.09. The van der Waals surface area contributed by atoms with Gasteiger partial charge < -0.3 is 14.7 Å². The van der Waals surface area contributed by atoms with E-state index in [4.69, 9.17) is 4.42 Å². The summed E-state index contributed by atoms with van der Waals surface area (Å²) in [5.74, 6) is 2.26. The number of thiophene rings is 1. The van der Waals surface area contributed by atoms with Gasteiger partial charge in [-0.3, -0.25) is 14.5 Å². The van der Waals surface area contributed by atoms with Gasteiger partial charge in [0.05, 0.1) is 29.2 Å². The molecule has 3 heterocycles. The van der Waals surface area contributed by atoms with Crippen LogP contribution in [0.25, 0.3) is 10.2 Å². The number of hydrogen-bond acceptors (Lipinski definition) is 7. The maximum atomic E-state index is 12.5. The normalized spacial score (nSPS) is 14.3. The predicted octanol–water partition coefficient (Wildman–Crippen LogP) is 3.50. The van der Waals surface area contributed by atoms with Gasteiger partial charge in [-0.05, 0) is 50.0 Å². The first-order valence-electron chi connectivity index (χ1n) is 10.8. The van der Waals surface area contributed by atoms with E-state index in [9.17, 15) is 9.59 Å². The molecule has 3 aromatic heterocycles. The van der Waals surface area contributed by atoms with Gasteiger partial charge >= 0.3 is 0 Å². The Balaban J connectivity index is 1.31. The number of hydrogen-bond donors (Lipinski definition) is 2. The van der Waals surface area contributed by atoms with E-state index in [2.05, 4.69) is 34.0 Å². The zero-order chi connectivity index (χ0) is 21.8. The number of carbonyl (C=O) groups is 1. The van der Waals surface area contributed by atoms with Crippen LogP contribution in [-0.4, -0.2) is 46.2 Å². The summed E-state index contributed by atoms with van der Waals surface area (Å²) in [5, 5.41) is 3.79. The van der Waals surface area contributed by atoms with Gasteiger partial charge in [-0.15, -0.1) is 23.1 Å². The summed E-state index contributed by atoms with van der Waals surface area (Å²) in [5.41, 5.74) is 1.14. The van der Waals surface area contributed by atoms with Crippen LogP contribution in [0.3, 0.4) is 0 Å². The maximum absolute atomic E-state index is 12.5. The minimum Gasteiger partial charge on any atom is -0.468 e. The van der Waals surface area contributed by atoms with E-state index in [1.54, 1.807) is 17.6 Å². The topological polar surface area (TPSA) is 91.2 Å². The second-order valence-electron chi connectivity index (χ2n) is 7.60. The Bertz CT molecular complexity index is 1090. The van der Waals surface area contributed by atoms with Crippen molar-refractivity contribution in [1.82, 2.24) is 20.2 Å². The number of amides is 1. The third-order valence-electron chi connectivity index (χ3n) is 5.71. The Morgan fingerprint density at radius 1 is 1.39 bits per heavy atom. The molecule has 0 aromatic carbocycles. The monoisotopic (exact) mass is 460 g/mol. The van der Waals surface area contributed by atoms with Gasteiger partial charge in [0.1, 0.15) is 16.4 Å². The van der Waals surface area contributed by atoms with Crippen LogP contribution in [0.2, 0.25) is 0 Å². The lowest BCUT2D eigenvalue weighted by molar-refractivity contribution is -0.118. The summed E-state index contributed by atoms with van der Waals surface area (Å²) in [6.45, 7) is 6.45. The van der Waals surface area contributed by atoms with Gasteiger partial charge in [0.15, 0.2) is 0 Å². The number of thioether (sulfide) groups is 1. The summed E-state index contributed by atoms with van der Waals surface area (Å²) in [6.07, 6.45) is 4.81. The zero-order valence-electron chi connectivity index (χ0n) is 17.9. The lowest BCUT2D eigenvalue weighted by atomic mass is 10.2. The third-order valence-corrected chi connectivity index (χ3v) is 7.84. The fourth-order valence-electron chi connectivity index (χ4n) is 4.17. The molecule has 0 radical (unpaired) electrons. The van der Waals surface area contributed by atoms with Crippen LogP contribution in [0.15, 0.2) is 27.6 Å². The molecular weight excluding hydrogens is 432 g/mol. The maximum Gasteiger partial charge on any atom is 0.259 e. The number of fused-ring (bicyclic) bond motifs is 3. The van der Waals surface area contributed by atoms with Crippen LogP contribution in [-0.2, 0) is 23.4 Å². The highest BCUT2D eigenvalue weighted by Crippen LogP contribution is 2.34. The van der Waals surface area contributed by atoms with E-state index in [1.165, 1.54) is 22.2 Å². The van der Waals surface area contributed by atoms with Gasteiger partial charge in [0.2, 0.25) is 5.91 Å². The molecule has 7 nitrogen and oxygen atoms in total. The van der Waals surface area contributed by atoms with E-state index in [-0.39, 0.29) is 17.5 Å². The van der Waals surface area contributed by atoms with E-state index >= 15 is 0 Å². The molecule has 0 aliphatic heterocycles. The van der Waals surface area contributed by atoms with E-state index in [0.29, 0.717) is 23.9 Å². The molecule has 31 heavy (non-hydrogen) atoms. The molecule has 1 atom stereocenters. The highest BCUT2D eigenvalue weighted by Gasteiger charge is 2.22. The highest BCUT2D eigenvalue weighted by molar-refractivity contribution is 7.99. The summed E-state index contributed by atoms with van der Waals surface area (Å²) in [7, 11) is 0. The second-order valence-corrected chi connectivity index (χ2v) is 9.67. The average Bonchev–Trinajstić information content (AvgIpc) is 3.48. The van der Waals surface area contributed by atoms with Crippen LogP contribution in [0.5, 0.6) is 0 Å². The lowest BCUT2D eigenvalue weighted by Crippen LogP contribution is -2.38. The van der Waals surface area contributed by atoms with Crippen LogP contribution in [0.1, 0.15) is 48.3 Å². The number of furan rings is 1. The number of aromatic nitrogens is 2. The van der Waals surface area contributed by atoms with E-state index < -0.39 is 0 Å². The molecule has 166 valence electrons. The molecule has 0 saturated heterocycles. The smallest absolute Gasteiger partial charge is 0.259 e. The number of nitrogens with one attached hydrogen (secondary N) is 2. The zero-order valence-corrected chi connectivity index (χ0v) is 19.5. The van der Waals surface area contributed by atoms with Crippen molar-refractivity contribution in [2.45, 2.75) is 44.9 Å². The summed E-state index contributed by atoms with van der Waals surface area (Å²) in [4.78, 5) is 36.9. The minimum absolute atomic E-state index is 0.0140. The summed E-state index contributed by atoms with van der Waals surface area (Å²) < 4.78 is 5.58. The summed E-state index contributed by atoms with van der Waals surface area (Å²) in [6, 6.07) is 3.83. The molecule has 0 bridgehead atoms. The number of nitrogens with zero attached hydrogens (tertiary/aromatic N) is 2. The van der Waals surface area contributed by atoms with E-state index in [0.717, 1.165) is 48.3 Å². The van der Waals surface area contributed by atoms with Crippen molar-refractivity contribution in [2.75, 3.05) is 25.4 Å². The van der Waals surface area contributed by atoms with Crippen LogP contribution in [0, 0.1) is 0 Å². The van der Waals surface area contributed by atoms with Crippen molar-refractivity contribution in [1.29, 1.82) is 0 Å². The standard InChI is InChI=1S/C22H28N4O3S2/c1-3-26(4-2)15(16-8-6-10-29-16)11-23-19(27)13-30-12-18-24-21(28)20-14-7-5-9-17(14)31-22(20)25-18/h6,8,10,15H,3-5,7,9,11-13H2,1-2H3,(H,23,27)(H,24,25,28). The quantitative estimate of drug-likeness (QED) is 0.481. The predicted molar refractivity (Wildman–Crippen MR) is 126 cm³/mol. The van der Waals surface area contributed by atoms with Gasteiger partial charge in [-0.2, -0.15) is 0 Å². The Kier molecular flexibility index (Phi) is 7.14. The fourth-order valence-corrected chi connectivity index (χ4v) is 6.17. The second kappa shape index (κ2) is 10.0. The van der Waals surface area contributed by atoms with Crippen molar-refractivity contribution in [3.05, 3.63) is 50.8 Å². The molecule has 0 fully saturated rings. The first-order chi connectivity index (χ1) is 15.1. The number of H-pyrrole nitrogens is 1. The molecule has 2 N–H and O–H groups in total. The fraction of sp³-hybridized carbons (Fsp3) is 0.500. The molecule has 1 unspecified atom stereocenters. The Morgan fingerprint density at radius 2 is 2.23 bits per heavy atom. The number of aryl methyl sites for hydroxylation is 2. The van der Waals surface area contributed by atoms with Gasteiger partial charge in [0.25, 0.3) is 5.56 Å². The van der Waals surface area contributed by atoms with Crippen molar-refractivity contribution in [3.63, 3.8) is 0 Å². The lowest BCUT2D eigenvalue weighted by Gasteiger charge is -2.28. The van der Waals surface area contributed by atoms with Crippen molar-refractivity contribution >= 4 is 39.2 Å². The molecule has 3 aromatic rings. The molecular formula is C22H28N4O3S2. The molecule has 4 rings (SSSR count). The van der Waals surface area contributed by atoms with Gasteiger partial charge in [0, 0.05) is 11.4 Å². The Hall–Kier alpha value is -2.10. The SMILES string of the molecule is CCN(CC)C(CNC(=O)CSCc1nc2sc3c(c2c(=O)[nH]1)CCC3)c1ccco1. The van der Waals surface area contributed by atoms with E-state index in [1.807, 2.05) is 12.1 Å². The van der Waals surface area contributed by atoms with Crippen molar-refractivity contribution < 1.29 is 9.21 Å². The molecule has 0 spiro atoms. The average molecular weight is 461 g/mol. The number of rotatable bonds is 10. The molecule has 1 amide bonds. The van der Waals surface area contributed by atoms with Crippen LogP contribution < -0.4 is 10.9 Å². The number of aromatic amines is 1. The number of carbonyl (C=O) groups excluding carboxylic acids is 1. The third kappa shape index (κ3) is 4.88. The van der Waals surface area contributed by atoms with Crippen LogP contribution >= 0.6 is 23.1 Å². The van der Waals surface area contributed by atoms with Gasteiger partial charge in [-0.1, -0.05) is 13.8 Å². The molecule has 1 aliphatic rings. The molecule has 9 heteroatoms. The van der Waals surface area contributed by atoms with Gasteiger partial charge in [-0.25, -0.2) is 4.98 Å². The first kappa shape index (κ1) is 22.1. The molecule has 0 saturated carbocycles. The molecule has 1 aliphatic carbocycles. The Morgan fingerprint density at radius 3 is 2.97 bits per heavy atom. The largest absolute Gasteiger partial charge is 0.468 e. The first-order valence-corrected chi connectivity index (χ1v) is 12.7. The number of likely N-dealkylation sites (N-methyl/N-ethyl adjacent to an activating group) is 1. The van der Waals surface area contributed by atoms with Crippen molar-refractivity contribution in [3.8, 4) is 0 Å². The van der Waals surface area contributed by atoms with Crippen molar-refractivity contribution in [2.24, 2.45) is 0 Å². The highest BCUT2D eigenvalue weighted by atomic mass is 32.2. The van der Waals surface area contributed by atoms with Crippen LogP contribution in [0.4, 0.5) is 0 Å².